The van der Waals surface area contributed by atoms with Crippen LogP contribution >= 0.6 is 0 Å². The summed E-state index contributed by atoms with van der Waals surface area (Å²) < 4.78 is 14.8. The fraction of sp³-hybridized carbons (Fsp3) is 0.292. The normalized spacial score (nSPS) is 12.0. The largest absolute Gasteiger partial charge is 0.497 e. The third-order valence-electron chi connectivity index (χ3n) is 5.54. The molecule has 2 aromatic heterocycles. The molecule has 0 aliphatic heterocycles. The lowest BCUT2D eigenvalue weighted by Gasteiger charge is -2.16. The van der Waals surface area contributed by atoms with Crippen molar-refractivity contribution in [1.29, 1.82) is 0 Å². The van der Waals surface area contributed by atoms with Gasteiger partial charge in [0, 0.05) is 20.6 Å². The number of methoxy groups -OCH3 is 1. The molecule has 0 aliphatic rings. The van der Waals surface area contributed by atoms with Crippen molar-refractivity contribution in [3.8, 4) is 11.5 Å². The highest BCUT2D eigenvalue weighted by atomic mass is 16.5. The molecule has 34 heavy (non-hydrogen) atoms. The molecule has 10 nitrogen and oxygen atoms in total. The molecular weight excluding hydrogens is 438 g/mol. The van der Waals surface area contributed by atoms with Gasteiger partial charge in [-0.15, -0.1) is 0 Å². The quantitative estimate of drug-likeness (QED) is 0.385. The number of imidazole rings is 1. The summed E-state index contributed by atoms with van der Waals surface area (Å²) in [7, 11) is 4.56. The van der Waals surface area contributed by atoms with Crippen LogP contribution in [-0.4, -0.2) is 43.6 Å². The number of anilines is 1. The van der Waals surface area contributed by atoms with Crippen molar-refractivity contribution in [3.05, 3.63) is 81.0 Å². The van der Waals surface area contributed by atoms with Gasteiger partial charge in [-0.1, -0.05) is 30.3 Å². The second kappa shape index (κ2) is 9.84. The van der Waals surface area contributed by atoms with Crippen LogP contribution in [-0.2, 0) is 27.2 Å². The Bertz CT molecular complexity index is 1390. The monoisotopic (exact) mass is 465 g/mol. The number of ether oxygens (including phenoxy) is 2. The lowest BCUT2D eigenvalue weighted by Crippen LogP contribution is -2.38. The zero-order valence-electron chi connectivity index (χ0n) is 19.3. The number of aryl methyl sites for hydroxylation is 1. The maximum atomic E-state index is 13.0. The Kier molecular flexibility index (Phi) is 6.69. The summed E-state index contributed by atoms with van der Waals surface area (Å²) in [4.78, 5) is 29.9. The van der Waals surface area contributed by atoms with E-state index in [1.165, 1.54) is 11.6 Å². The van der Waals surface area contributed by atoms with E-state index in [0.29, 0.717) is 24.0 Å². The molecule has 4 rings (SSSR count). The van der Waals surface area contributed by atoms with Crippen molar-refractivity contribution in [1.82, 2.24) is 18.7 Å². The van der Waals surface area contributed by atoms with Gasteiger partial charge in [-0.25, -0.2) is 4.79 Å². The summed E-state index contributed by atoms with van der Waals surface area (Å²) in [6.45, 7) is 0.490. The second-order valence-corrected chi connectivity index (χ2v) is 7.90. The lowest BCUT2D eigenvalue weighted by molar-refractivity contribution is 0.0938. The molecular formula is C24H27N5O5. The van der Waals surface area contributed by atoms with Crippen molar-refractivity contribution in [3.63, 3.8) is 0 Å². The molecule has 0 saturated heterocycles. The van der Waals surface area contributed by atoms with Crippen LogP contribution in [0.4, 0.5) is 5.95 Å². The first-order valence-electron chi connectivity index (χ1n) is 10.8. The number of nitrogens with one attached hydrogen (secondary N) is 1. The minimum Gasteiger partial charge on any atom is -0.497 e. The molecule has 0 unspecified atom stereocenters. The van der Waals surface area contributed by atoms with Gasteiger partial charge < -0.3 is 24.5 Å². The highest BCUT2D eigenvalue weighted by Crippen LogP contribution is 2.19. The van der Waals surface area contributed by atoms with Crippen molar-refractivity contribution in [2.24, 2.45) is 14.1 Å². The van der Waals surface area contributed by atoms with Gasteiger partial charge in [0.1, 0.15) is 24.2 Å². The van der Waals surface area contributed by atoms with E-state index in [9.17, 15) is 14.7 Å². The van der Waals surface area contributed by atoms with Crippen molar-refractivity contribution < 1.29 is 14.6 Å². The van der Waals surface area contributed by atoms with Crippen LogP contribution in [0.5, 0.6) is 11.5 Å². The number of hydrogen-bond donors (Lipinski definition) is 2. The van der Waals surface area contributed by atoms with Gasteiger partial charge in [0.25, 0.3) is 5.56 Å². The Morgan fingerprint density at radius 2 is 1.68 bits per heavy atom. The molecule has 4 aromatic rings. The summed E-state index contributed by atoms with van der Waals surface area (Å²) in [6, 6.07) is 16.7. The molecule has 0 radical (unpaired) electrons. The number of aliphatic hydroxyl groups excluding tert-OH is 1. The molecule has 0 bridgehead atoms. The van der Waals surface area contributed by atoms with E-state index in [0.717, 1.165) is 10.1 Å². The Morgan fingerprint density at radius 3 is 2.35 bits per heavy atom. The van der Waals surface area contributed by atoms with Crippen LogP contribution < -0.4 is 26.0 Å². The molecule has 2 N–H and O–H groups in total. The van der Waals surface area contributed by atoms with Crippen molar-refractivity contribution in [2.45, 2.75) is 19.2 Å². The van der Waals surface area contributed by atoms with Crippen molar-refractivity contribution in [2.75, 3.05) is 19.0 Å². The first-order chi connectivity index (χ1) is 16.4. The number of fused-ring (bicyclic) bond motifs is 1. The third-order valence-corrected chi connectivity index (χ3v) is 5.54. The Balaban J connectivity index is 1.62. The Hall–Kier alpha value is -4.05. The number of rotatable bonds is 9. The zero-order chi connectivity index (χ0) is 24.2. The van der Waals surface area contributed by atoms with Crippen LogP contribution in [0.3, 0.4) is 0 Å². The SMILES string of the molecule is COc1ccc(OC[C@H](O)Cn2c(NCc3ccccc3)nc3c2c(=O)n(C)c(=O)n3C)cc1. The molecule has 0 amide bonds. The highest BCUT2D eigenvalue weighted by Gasteiger charge is 2.21. The third kappa shape index (κ3) is 4.67. The summed E-state index contributed by atoms with van der Waals surface area (Å²) >= 11 is 0. The summed E-state index contributed by atoms with van der Waals surface area (Å²) in [5.41, 5.74) is 0.531. The molecule has 2 heterocycles. The van der Waals surface area contributed by atoms with Crippen molar-refractivity contribution >= 4 is 17.1 Å². The molecule has 2 aromatic carbocycles. The number of aromatic nitrogens is 4. The fourth-order valence-corrected chi connectivity index (χ4v) is 3.66. The Labute approximate surface area is 195 Å². The Morgan fingerprint density at radius 1 is 1.00 bits per heavy atom. The molecule has 0 fully saturated rings. The highest BCUT2D eigenvalue weighted by molar-refractivity contribution is 5.74. The predicted octanol–water partition coefficient (Wildman–Crippen LogP) is 1.49. The molecule has 0 spiro atoms. The number of nitrogens with zero attached hydrogens (tertiary/aromatic N) is 4. The van der Waals surface area contributed by atoms with Gasteiger partial charge in [0.15, 0.2) is 11.2 Å². The van der Waals surface area contributed by atoms with E-state index in [4.69, 9.17) is 9.47 Å². The smallest absolute Gasteiger partial charge is 0.332 e. The predicted molar refractivity (Wildman–Crippen MR) is 128 cm³/mol. The van der Waals surface area contributed by atoms with Gasteiger partial charge in [0.2, 0.25) is 5.95 Å². The summed E-state index contributed by atoms with van der Waals surface area (Å²) in [5.74, 6) is 1.66. The van der Waals surface area contributed by atoms with Gasteiger partial charge in [-0.3, -0.25) is 13.9 Å². The molecule has 1 atom stereocenters. The zero-order valence-corrected chi connectivity index (χ0v) is 19.3. The van der Waals surface area contributed by atoms with Crippen LogP contribution in [0.2, 0.25) is 0 Å². The van der Waals surface area contributed by atoms with Gasteiger partial charge in [0.05, 0.1) is 13.7 Å². The molecule has 178 valence electrons. The minimum atomic E-state index is -0.946. The average Bonchev–Trinajstić information content (AvgIpc) is 3.22. The fourth-order valence-electron chi connectivity index (χ4n) is 3.66. The van der Waals surface area contributed by atoms with Gasteiger partial charge >= 0.3 is 5.69 Å². The topological polar surface area (TPSA) is 113 Å². The van der Waals surface area contributed by atoms with E-state index >= 15 is 0 Å². The standard InChI is InChI=1S/C24H27N5O5/c1-27-21-20(22(31)28(2)24(27)32)29(23(26-21)25-13-16-7-5-4-6-8-16)14-17(30)15-34-19-11-9-18(33-3)10-12-19/h4-12,17,30H,13-15H2,1-3H3,(H,25,26)/t17-/m1/s1. The van der Waals surface area contributed by atoms with Gasteiger partial charge in [-0.05, 0) is 29.8 Å². The number of benzene rings is 2. The van der Waals surface area contributed by atoms with Crippen LogP contribution in [0, 0.1) is 0 Å². The van der Waals surface area contributed by atoms with E-state index in [1.54, 1.807) is 43.0 Å². The summed E-state index contributed by atoms with van der Waals surface area (Å²) in [5, 5.41) is 14.0. The minimum absolute atomic E-state index is 0.00376. The van der Waals surface area contributed by atoms with Gasteiger partial charge in [-0.2, -0.15) is 4.98 Å². The van der Waals surface area contributed by atoms with E-state index in [1.807, 2.05) is 30.3 Å². The van der Waals surface area contributed by atoms with E-state index < -0.39 is 17.4 Å². The molecule has 0 saturated carbocycles. The van der Waals surface area contributed by atoms with E-state index in [-0.39, 0.29) is 24.3 Å². The summed E-state index contributed by atoms with van der Waals surface area (Å²) in [6.07, 6.45) is -0.946. The second-order valence-electron chi connectivity index (χ2n) is 7.90. The number of aliphatic hydroxyl groups is 1. The molecule has 10 heteroatoms. The average molecular weight is 466 g/mol. The number of hydrogen-bond acceptors (Lipinski definition) is 7. The van der Waals surface area contributed by atoms with Crippen LogP contribution in [0.1, 0.15) is 5.56 Å². The van der Waals surface area contributed by atoms with E-state index in [2.05, 4.69) is 10.3 Å². The molecule has 0 aliphatic carbocycles. The van der Waals surface area contributed by atoms with Crippen LogP contribution in [0.25, 0.3) is 11.2 Å². The maximum absolute atomic E-state index is 13.0. The maximum Gasteiger partial charge on any atom is 0.332 e. The first-order valence-corrected chi connectivity index (χ1v) is 10.8. The van der Waals surface area contributed by atoms with Crippen LogP contribution in [0.15, 0.2) is 64.2 Å². The first kappa shape index (κ1) is 23.1. The lowest BCUT2D eigenvalue weighted by atomic mass is 10.2.